The van der Waals surface area contributed by atoms with Crippen LogP contribution in [0.4, 0.5) is 0 Å². The molecule has 0 saturated carbocycles. The Morgan fingerprint density at radius 2 is 1.16 bits per heavy atom. The minimum Gasteiger partial charge on any atom is -0.748 e. The van der Waals surface area contributed by atoms with Crippen molar-refractivity contribution in [3.05, 3.63) is 0 Å². The molecule has 25 heavy (non-hydrogen) atoms. The van der Waals surface area contributed by atoms with Gasteiger partial charge >= 0.3 is 29.6 Å². The average Bonchev–Trinajstić information content (AvgIpc) is 2.53. The molecule has 146 valence electrons. The Morgan fingerprint density at radius 3 is 1.60 bits per heavy atom. The molecule has 2 unspecified atom stereocenters. The number of aliphatic hydroxyl groups is 1. The van der Waals surface area contributed by atoms with Gasteiger partial charge in [0.25, 0.3) is 0 Å². The maximum Gasteiger partial charge on any atom is 1.00 e. The molecule has 6 heteroatoms. The maximum absolute atomic E-state index is 11.4. The van der Waals surface area contributed by atoms with Crippen LogP contribution in [0.2, 0.25) is 0 Å². The van der Waals surface area contributed by atoms with E-state index in [9.17, 15) is 18.1 Å². The van der Waals surface area contributed by atoms with Crippen molar-refractivity contribution in [1.82, 2.24) is 0 Å². The van der Waals surface area contributed by atoms with E-state index in [1.165, 1.54) is 32.1 Å². The molecule has 0 saturated heterocycles. The van der Waals surface area contributed by atoms with Gasteiger partial charge in [0.1, 0.15) is 0 Å². The van der Waals surface area contributed by atoms with Crippen LogP contribution in [0.3, 0.4) is 0 Å². The first-order valence-electron chi connectivity index (χ1n) is 10.0. The monoisotopic (exact) mass is 386 g/mol. The number of hydrogen-bond donors (Lipinski definition) is 1. The molecule has 0 radical (unpaired) electrons. The zero-order valence-electron chi connectivity index (χ0n) is 16.8. The van der Waals surface area contributed by atoms with Crippen LogP contribution < -0.4 is 29.6 Å². The van der Waals surface area contributed by atoms with Gasteiger partial charge in [-0.1, -0.05) is 84.5 Å². The molecule has 1 N–H and O–H groups in total. The Bertz CT molecular complexity index is 374. The Hall–Kier alpha value is 0.870. The largest absolute Gasteiger partial charge is 1.00 e. The smallest absolute Gasteiger partial charge is 0.748 e. The van der Waals surface area contributed by atoms with Crippen molar-refractivity contribution in [1.29, 1.82) is 0 Å². The summed E-state index contributed by atoms with van der Waals surface area (Å²) in [7, 11) is -4.18. The van der Waals surface area contributed by atoms with E-state index < -0.39 is 15.4 Å². The Balaban J connectivity index is 0. The molecular weight excluding hydrogens is 347 g/mol. The number of unbranched alkanes of at least 4 members (excludes halogenated alkanes) is 9. The van der Waals surface area contributed by atoms with Gasteiger partial charge in [-0.25, -0.2) is 8.42 Å². The van der Waals surface area contributed by atoms with Crippen molar-refractivity contribution in [2.24, 2.45) is 0 Å². The van der Waals surface area contributed by atoms with E-state index in [4.69, 9.17) is 0 Å². The van der Waals surface area contributed by atoms with Crippen LogP contribution in [0.5, 0.6) is 0 Å². The van der Waals surface area contributed by atoms with Crippen molar-refractivity contribution in [2.45, 2.75) is 122 Å². The molecule has 0 amide bonds. The predicted molar refractivity (Wildman–Crippen MR) is 100 cm³/mol. The molecule has 0 aliphatic heterocycles. The molecule has 0 aromatic carbocycles. The first-order valence-corrected chi connectivity index (χ1v) is 11.5. The second kappa shape index (κ2) is 18.2. The average molecular weight is 387 g/mol. The van der Waals surface area contributed by atoms with Crippen LogP contribution in [0.25, 0.3) is 0 Å². The van der Waals surface area contributed by atoms with Gasteiger partial charge in [0.05, 0.1) is 16.2 Å². The molecular formula is C19H39NaO4S. The molecule has 0 heterocycles. The van der Waals surface area contributed by atoms with Crippen molar-refractivity contribution in [3.63, 3.8) is 0 Å². The summed E-state index contributed by atoms with van der Waals surface area (Å²) < 4.78 is 34.2. The van der Waals surface area contributed by atoms with Gasteiger partial charge in [-0.05, 0) is 25.7 Å². The summed E-state index contributed by atoms with van der Waals surface area (Å²) >= 11 is 0. The van der Waals surface area contributed by atoms with E-state index in [2.05, 4.69) is 6.92 Å². The Labute approximate surface area is 178 Å². The van der Waals surface area contributed by atoms with Crippen LogP contribution in [0.15, 0.2) is 0 Å². The summed E-state index contributed by atoms with van der Waals surface area (Å²) in [4.78, 5) is 0. The summed E-state index contributed by atoms with van der Waals surface area (Å²) in [5.74, 6) is 0. The third kappa shape index (κ3) is 18.0. The standard InChI is InChI=1S/C19H40O4S.Na/c1-3-5-6-7-8-9-10-13-16-19(24(21,22)23)17-14-11-12-15-18(20)4-2;/h18-20H,3-17H2,1-2H3,(H,21,22,23);/q;+1/p-1. The first kappa shape index (κ1) is 28.1. The summed E-state index contributed by atoms with van der Waals surface area (Å²) in [5.41, 5.74) is 0. The third-order valence-electron chi connectivity index (χ3n) is 4.82. The van der Waals surface area contributed by atoms with E-state index in [1.807, 2.05) is 6.92 Å². The fourth-order valence-corrected chi connectivity index (χ4v) is 3.98. The Kier molecular flexibility index (Phi) is 20.5. The molecule has 0 aliphatic rings. The Morgan fingerprint density at radius 1 is 0.760 bits per heavy atom. The fraction of sp³-hybridized carbons (Fsp3) is 1.00. The van der Waals surface area contributed by atoms with Crippen LogP contribution >= 0.6 is 0 Å². The molecule has 0 spiro atoms. The van der Waals surface area contributed by atoms with Gasteiger partial charge in [0, 0.05) is 5.25 Å². The third-order valence-corrected chi connectivity index (χ3v) is 6.11. The van der Waals surface area contributed by atoms with Gasteiger partial charge in [0.15, 0.2) is 0 Å². The topological polar surface area (TPSA) is 77.4 Å². The zero-order valence-corrected chi connectivity index (χ0v) is 19.7. The van der Waals surface area contributed by atoms with Gasteiger partial charge in [-0.3, -0.25) is 0 Å². The van der Waals surface area contributed by atoms with Gasteiger partial charge < -0.3 is 9.66 Å². The van der Waals surface area contributed by atoms with E-state index >= 15 is 0 Å². The second-order valence-corrected chi connectivity index (χ2v) is 8.73. The minimum atomic E-state index is -4.18. The van der Waals surface area contributed by atoms with E-state index in [1.54, 1.807) is 0 Å². The summed E-state index contributed by atoms with van der Waals surface area (Å²) in [6, 6.07) is 0. The fourth-order valence-electron chi connectivity index (χ4n) is 3.07. The van der Waals surface area contributed by atoms with Crippen molar-refractivity contribution in [3.8, 4) is 0 Å². The van der Waals surface area contributed by atoms with Crippen molar-refractivity contribution in [2.75, 3.05) is 0 Å². The zero-order chi connectivity index (χ0) is 18.3. The first-order chi connectivity index (χ1) is 11.4. The molecule has 0 aromatic heterocycles. The molecule has 0 aromatic rings. The second-order valence-electron chi connectivity index (χ2n) is 7.08. The molecule has 0 rings (SSSR count). The molecule has 4 nitrogen and oxygen atoms in total. The van der Waals surface area contributed by atoms with Crippen molar-refractivity contribution < 1.29 is 47.6 Å². The molecule has 0 fully saturated rings. The van der Waals surface area contributed by atoms with Gasteiger partial charge in [-0.15, -0.1) is 0 Å². The van der Waals surface area contributed by atoms with Crippen LogP contribution in [0, 0.1) is 0 Å². The molecule has 0 bridgehead atoms. The normalized spacial score (nSPS) is 14.1. The molecule has 0 aliphatic carbocycles. The van der Waals surface area contributed by atoms with Crippen LogP contribution in [-0.2, 0) is 10.1 Å². The maximum atomic E-state index is 11.4. The van der Waals surface area contributed by atoms with Crippen LogP contribution in [-0.4, -0.2) is 29.4 Å². The number of hydrogen-bond acceptors (Lipinski definition) is 4. The summed E-state index contributed by atoms with van der Waals surface area (Å²) in [6.45, 7) is 4.16. The van der Waals surface area contributed by atoms with Gasteiger partial charge in [0.2, 0.25) is 0 Å². The quantitative estimate of drug-likeness (QED) is 0.236. The molecule has 2 atom stereocenters. The number of rotatable bonds is 17. The SMILES string of the molecule is CCCCCCCCCCC(CCCCCC(O)CC)S(=O)(=O)[O-].[Na+]. The van der Waals surface area contributed by atoms with E-state index in [-0.39, 0.29) is 35.7 Å². The predicted octanol–water partition coefficient (Wildman–Crippen LogP) is 2.16. The van der Waals surface area contributed by atoms with Crippen molar-refractivity contribution >= 4 is 10.1 Å². The van der Waals surface area contributed by atoms with Crippen LogP contribution in [0.1, 0.15) is 110 Å². The van der Waals surface area contributed by atoms with Gasteiger partial charge in [-0.2, -0.15) is 0 Å². The summed E-state index contributed by atoms with van der Waals surface area (Å²) in [5, 5.41) is 8.77. The number of aliphatic hydroxyl groups excluding tert-OH is 1. The summed E-state index contributed by atoms with van der Waals surface area (Å²) in [6.07, 6.45) is 14.2. The minimum absolute atomic E-state index is 0. The van der Waals surface area contributed by atoms with E-state index in [0.29, 0.717) is 12.8 Å². The van der Waals surface area contributed by atoms with E-state index in [0.717, 1.165) is 51.4 Å².